The van der Waals surface area contributed by atoms with Gasteiger partial charge in [0.1, 0.15) is 10.9 Å². The summed E-state index contributed by atoms with van der Waals surface area (Å²) in [7, 11) is -1.12. The molecule has 8 heteroatoms. The van der Waals surface area contributed by atoms with Crippen molar-refractivity contribution < 1.29 is 13.7 Å². The molecule has 0 bridgehead atoms. The van der Waals surface area contributed by atoms with Crippen molar-refractivity contribution in [2.75, 3.05) is 0 Å². The average molecular weight is 382 g/mol. The maximum absolute atomic E-state index is 14.7. The van der Waals surface area contributed by atoms with Crippen molar-refractivity contribution in [3.8, 4) is 5.69 Å². The van der Waals surface area contributed by atoms with Crippen LogP contribution in [0.25, 0.3) is 11.8 Å². The average Bonchev–Trinajstić information content (AvgIpc) is 2.92. The van der Waals surface area contributed by atoms with Gasteiger partial charge in [0.25, 0.3) is 0 Å². The Morgan fingerprint density at radius 2 is 1.76 bits per heavy atom. The molecule has 0 unspecified atom stereocenters. The summed E-state index contributed by atoms with van der Waals surface area (Å²) in [5.74, 6) is 0. The molecule has 1 aliphatic heterocycles. The van der Waals surface area contributed by atoms with Crippen LogP contribution >= 0.6 is 22.9 Å². The van der Waals surface area contributed by atoms with Crippen LogP contribution in [0, 0.1) is 0 Å². The third-order valence-electron chi connectivity index (χ3n) is 4.54. The summed E-state index contributed by atoms with van der Waals surface area (Å²) in [4.78, 5) is 12.3. The van der Waals surface area contributed by atoms with Crippen LogP contribution in [0.1, 0.15) is 32.6 Å². The van der Waals surface area contributed by atoms with Gasteiger partial charge in [-0.1, -0.05) is 41.1 Å². The van der Waals surface area contributed by atoms with Crippen molar-refractivity contribution in [3.63, 3.8) is 0 Å². The van der Waals surface area contributed by atoms with Crippen LogP contribution in [0.3, 0.4) is 0 Å². The minimum Gasteiger partial charge on any atom is -0.398 e. The Balaban J connectivity index is 1.94. The lowest BCUT2D eigenvalue weighted by Gasteiger charge is -2.32. The Hall–Kier alpha value is -1.41. The van der Waals surface area contributed by atoms with Crippen molar-refractivity contribution in [2.45, 2.75) is 38.9 Å². The molecule has 0 aliphatic carbocycles. The van der Waals surface area contributed by atoms with E-state index >= 15 is 0 Å². The fourth-order valence-electron chi connectivity index (χ4n) is 2.41. The van der Waals surface area contributed by atoms with E-state index in [9.17, 15) is 9.18 Å². The number of halogens is 2. The monoisotopic (exact) mass is 381 g/mol. The predicted molar refractivity (Wildman–Crippen MR) is 100 cm³/mol. The summed E-state index contributed by atoms with van der Waals surface area (Å²) >= 11 is 7.18. The second-order valence-electron chi connectivity index (χ2n) is 6.81. The fourth-order valence-corrected chi connectivity index (χ4v) is 3.62. The second kappa shape index (κ2) is 6.39. The van der Waals surface area contributed by atoms with Crippen LogP contribution in [0.5, 0.6) is 0 Å². The van der Waals surface area contributed by atoms with Crippen LogP contribution < -0.4 is 4.87 Å². The second-order valence-corrected chi connectivity index (χ2v) is 8.16. The number of para-hydroxylation sites is 1. The van der Waals surface area contributed by atoms with Gasteiger partial charge in [0.2, 0.25) is 0 Å². The molecule has 0 atom stereocenters. The van der Waals surface area contributed by atoms with Crippen LogP contribution in [-0.2, 0) is 9.31 Å². The van der Waals surface area contributed by atoms with Gasteiger partial charge in [-0.25, -0.2) is 4.39 Å². The van der Waals surface area contributed by atoms with Crippen molar-refractivity contribution >= 4 is 36.1 Å². The van der Waals surface area contributed by atoms with Gasteiger partial charge in [0.15, 0.2) is 0 Å². The molecule has 0 N–H and O–H groups in total. The van der Waals surface area contributed by atoms with E-state index in [1.54, 1.807) is 24.3 Å². The minimum atomic E-state index is -1.12. The van der Waals surface area contributed by atoms with E-state index < -0.39 is 24.0 Å². The Morgan fingerprint density at radius 1 is 1.20 bits per heavy atom. The predicted octanol–water partition coefficient (Wildman–Crippen LogP) is 4.49. The normalized spacial score (nSPS) is 19.4. The third-order valence-corrected chi connectivity index (χ3v) is 5.91. The van der Waals surface area contributed by atoms with E-state index in [1.807, 2.05) is 33.8 Å². The zero-order valence-electron chi connectivity index (χ0n) is 14.4. The standard InChI is InChI=1S/C17H18BClFNO3S/c1-16(2)17(3,4)24-18(23-16)13(20)10-12-14(19)21(15(22)25-12)11-8-6-5-7-9-11/h5-10H,1-4H3. The van der Waals surface area contributed by atoms with Crippen LogP contribution in [0.4, 0.5) is 4.39 Å². The Kier molecular flexibility index (Phi) is 4.70. The van der Waals surface area contributed by atoms with Gasteiger partial charge < -0.3 is 9.31 Å². The zero-order valence-corrected chi connectivity index (χ0v) is 16.0. The van der Waals surface area contributed by atoms with E-state index in [4.69, 9.17) is 20.9 Å². The molecule has 0 spiro atoms. The quantitative estimate of drug-likeness (QED) is 0.735. The highest BCUT2D eigenvalue weighted by Gasteiger charge is 2.53. The minimum absolute atomic E-state index is 0.160. The maximum atomic E-state index is 14.7. The molecule has 0 radical (unpaired) electrons. The highest BCUT2D eigenvalue weighted by atomic mass is 35.5. The SMILES string of the molecule is CC1(C)OB(C(F)=Cc2sc(=O)n(-c3ccccc3)c2Cl)OC1(C)C. The molecule has 0 amide bonds. The van der Waals surface area contributed by atoms with E-state index in [0.717, 1.165) is 11.3 Å². The number of hydrogen-bond donors (Lipinski definition) is 0. The fraction of sp³-hybridized carbons (Fsp3) is 0.353. The Morgan fingerprint density at radius 3 is 2.32 bits per heavy atom. The van der Waals surface area contributed by atoms with Gasteiger partial charge in [-0.3, -0.25) is 9.36 Å². The summed E-state index contributed by atoms with van der Waals surface area (Å²) in [6.45, 7) is 7.38. The van der Waals surface area contributed by atoms with Crippen molar-refractivity contribution in [1.29, 1.82) is 0 Å². The van der Waals surface area contributed by atoms with Gasteiger partial charge in [-0.2, -0.15) is 0 Å². The van der Waals surface area contributed by atoms with Gasteiger partial charge >= 0.3 is 12.0 Å². The zero-order chi connectivity index (χ0) is 18.4. The Labute approximate surface area is 155 Å². The van der Waals surface area contributed by atoms with Crippen molar-refractivity contribution in [1.82, 2.24) is 4.57 Å². The van der Waals surface area contributed by atoms with E-state index in [0.29, 0.717) is 10.6 Å². The van der Waals surface area contributed by atoms with Gasteiger partial charge in [-0.15, -0.1) is 0 Å². The van der Waals surface area contributed by atoms with Crippen molar-refractivity contribution in [2.24, 2.45) is 0 Å². The van der Waals surface area contributed by atoms with Gasteiger partial charge in [0, 0.05) is 0 Å². The molecule has 1 aliphatic rings. The number of hydrogen-bond acceptors (Lipinski definition) is 4. The number of thiazole rings is 1. The topological polar surface area (TPSA) is 40.5 Å². The molecule has 0 saturated carbocycles. The Bertz CT molecular complexity index is 860. The maximum Gasteiger partial charge on any atom is 0.525 e. The first-order valence-electron chi connectivity index (χ1n) is 7.82. The lowest BCUT2D eigenvalue weighted by atomic mass is 9.87. The molecule has 2 aromatic rings. The molecule has 3 rings (SSSR count). The lowest BCUT2D eigenvalue weighted by Crippen LogP contribution is -2.41. The lowest BCUT2D eigenvalue weighted by molar-refractivity contribution is 0.00578. The number of nitrogens with zero attached hydrogens (tertiary/aromatic N) is 1. The van der Waals surface area contributed by atoms with Crippen LogP contribution in [-0.4, -0.2) is 22.9 Å². The third kappa shape index (κ3) is 3.34. The summed E-state index contributed by atoms with van der Waals surface area (Å²) in [6, 6.07) is 8.97. The number of rotatable bonds is 3. The smallest absolute Gasteiger partial charge is 0.398 e. The largest absolute Gasteiger partial charge is 0.525 e. The highest BCUT2D eigenvalue weighted by molar-refractivity contribution is 7.10. The summed E-state index contributed by atoms with van der Waals surface area (Å²) in [5.41, 5.74) is -1.28. The summed E-state index contributed by atoms with van der Waals surface area (Å²) in [5, 5.41) is 0.160. The van der Waals surface area contributed by atoms with E-state index in [2.05, 4.69) is 0 Å². The first-order valence-corrected chi connectivity index (χ1v) is 9.01. The molecule has 1 aromatic heterocycles. The first kappa shape index (κ1) is 18.4. The highest BCUT2D eigenvalue weighted by Crippen LogP contribution is 2.39. The molecule has 25 heavy (non-hydrogen) atoms. The molecule has 1 fully saturated rings. The number of aromatic nitrogens is 1. The van der Waals surface area contributed by atoms with Crippen LogP contribution in [0.15, 0.2) is 40.9 Å². The molecule has 1 aromatic carbocycles. The van der Waals surface area contributed by atoms with Gasteiger partial charge in [-0.05, 0) is 45.9 Å². The van der Waals surface area contributed by atoms with E-state index in [1.165, 1.54) is 10.6 Å². The van der Waals surface area contributed by atoms with Gasteiger partial charge in [0.05, 0.1) is 21.8 Å². The molecule has 4 nitrogen and oxygen atoms in total. The number of benzene rings is 1. The molecular formula is C17H18BClFNO3S. The molecule has 1 saturated heterocycles. The van der Waals surface area contributed by atoms with Crippen molar-refractivity contribution in [3.05, 3.63) is 55.8 Å². The summed E-state index contributed by atoms with van der Waals surface area (Å²) in [6.07, 6.45) is 1.20. The molecular weight excluding hydrogens is 364 g/mol. The molecule has 132 valence electrons. The molecule has 2 heterocycles. The van der Waals surface area contributed by atoms with Crippen LogP contribution in [0.2, 0.25) is 5.15 Å². The van der Waals surface area contributed by atoms with E-state index in [-0.39, 0.29) is 10.0 Å². The first-order chi connectivity index (χ1) is 11.6. The summed E-state index contributed by atoms with van der Waals surface area (Å²) < 4.78 is 27.3.